The lowest BCUT2D eigenvalue weighted by Gasteiger charge is -1.98. The molecule has 1 aromatic carbocycles. The fourth-order valence-corrected chi connectivity index (χ4v) is 2.38. The second kappa shape index (κ2) is 3.48. The van der Waals surface area contributed by atoms with Crippen molar-refractivity contribution in [3.63, 3.8) is 0 Å². The van der Waals surface area contributed by atoms with E-state index in [0.29, 0.717) is 11.8 Å². The molecule has 0 bridgehead atoms. The molecule has 0 aromatic heterocycles. The lowest BCUT2D eigenvalue weighted by atomic mass is 10.1. The van der Waals surface area contributed by atoms with Gasteiger partial charge in [-0.05, 0) is 37.0 Å². The maximum atomic E-state index is 5.68. The molecule has 2 heteroatoms. The van der Waals surface area contributed by atoms with Crippen molar-refractivity contribution >= 4 is 12.5 Å². The first-order chi connectivity index (χ1) is 7.79. The Morgan fingerprint density at radius 2 is 1.94 bits per heavy atom. The summed E-state index contributed by atoms with van der Waals surface area (Å²) in [4.78, 5) is 0. The number of carbonyl (C=O) groups excluding carboxylic acids is 1. The Labute approximate surface area is 95.5 Å². The Morgan fingerprint density at radius 1 is 1.25 bits per heavy atom. The molecule has 0 aliphatic heterocycles. The Hall–Kier alpha value is -1.57. The van der Waals surface area contributed by atoms with E-state index in [-0.39, 0.29) is 0 Å². The average molecular weight is 214 g/mol. The van der Waals surface area contributed by atoms with Gasteiger partial charge in [0.15, 0.2) is 0 Å². The zero-order valence-corrected chi connectivity index (χ0v) is 9.28. The van der Waals surface area contributed by atoms with Gasteiger partial charge in [-0.1, -0.05) is 12.1 Å². The van der Waals surface area contributed by atoms with E-state index >= 15 is 0 Å². The van der Waals surface area contributed by atoms with Gasteiger partial charge in [0.1, 0.15) is 0 Å². The molecule has 1 aromatic rings. The molecule has 2 atom stereocenters. The van der Waals surface area contributed by atoms with Crippen LogP contribution in [0, 0.1) is 5.92 Å². The number of anilines is 1. The fraction of sp³-hybridized carbons (Fsp3) is 0.357. The monoisotopic (exact) mass is 214 g/mol. The van der Waals surface area contributed by atoms with Crippen LogP contribution in [0.4, 0.5) is 5.69 Å². The molecule has 3 rings (SSSR count). The molecule has 2 unspecified atom stereocenters. The van der Waals surface area contributed by atoms with Gasteiger partial charge < -0.3 is 5.73 Å². The summed E-state index contributed by atoms with van der Waals surface area (Å²) in [6.07, 6.45) is 3.60. The second-order valence-corrected chi connectivity index (χ2v) is 4.73. The minimum atomic E-state index is 0.568. The van der Waals surface area contributed by atoms with E-state index in [2.05, 4.69) is 18.9 Å². The quantitative estimate of drug-likeness (QED) is 0.469. The van der Waals surface area contributed by atoms with E-state index in [9.17, 15) is 0 Å². The second-order valence-electron chi connectivity index (χ2n) is 4.73. The minimum Gasteiger partial charge on any atom is -0.399 e. The molecular weight excluding hydrogens is 198 g/mol. The Kier molecular flexibility index (Phi) is 2.10. The van der Waals surface area contributed by atoms with Crippen molar-refractivity contribution in [2.75, 3.05) is 5.73 Å². The predicted octanol–water partition coefficient (Wildman–Crippen LogP) is 2.78. The summed E-state index contributed by atoms with van der Waals surface area (Å²) in [6, 6.07) is 8.19. The molecule has 2 fully saturated rings. The van der Waals surface area contributed by atoms with Crippen LogP contribution in [0.15, 0.2) is 35.6 Å². The first kappa shape index (κ1) is 9.64. The van der Waals surface area contributed by atoms with Crippen LogP contribution in [0.25, 0.3) is 0 Å². The molecule has 0 amide bonds. The van der Waals surface area contributed by atoms with Crippen molar-refractivity contribution in [3.8, 4) is 0 Å². The van der Waals surface area contributed by atoms with Crippen LogP contribution >= 0.6 is 0 Å². The summed E-state index contributed by atoms with van der Waals surface area (Å²) in [5.74, 6) is 2.34. The smallest absolute Gasteiger partial charge is 0.330 e. The van der Waals surface area contributed by atoms with Gasteiger partial charge in [0, 0.05) is 17.2 Å². The summed E-state index contributed by atoms with van der Waals surface area (Å²) in [7, 11) is 0. The largest absolute Gasteiger partial charge is 0.399 e. The van der Waals surface area contributed by atoms with E-state index in [4.69, 9.17) is 10.2 Å². The van der Waals surface area contributed by atoms with Crippen molar-refractivity contribution in [2.24, 2.45) is 5.92 Å². The molecular formula is C14H16NO+. The summed E-state index contributed by atoms with van der Waals surface area (Å²) < 4.78 is 5.28. The van der Waals surface area contributed by atoms with Crippen molar-refractivity contribution in [3.05, 3.63) is 41.2 Å². The minimum absolute atomic E-state index is 0.568. The van der Waals surface area contributed by atoms with Crippen molar-refractivity contribution < 1.29 is 4.42 Å². The lowest BCUT2D eigenvalue weighted by molar-refractivity contribution is -0.393. The van der Waals surface area contributed by atoms with Crippen LogP contribution in [-0.2, 0) is 4.42 Å². The third-order valence-corrected chi connectivity index (χ3v) is 3.50. The first-order valence-corrected chi connectivity index (χ1v) is 5.79. The fourth-order valence-electron chi connectivity index (χ4n) is 2.38. The Bertz CT molecular complexity index is 452. The highest BCUT2D eigenvalue weighted by Gasteiger charge is 2.49. The van der Waals surface area contributed by atoms with Crippen LogP contribution in [-0.4, -0.2) is 6.79 Å². The Balaban J connectivity index is 1.78. The number of allylic oxidation sites excluding steroid dienone is 2. The highest BCUT2D eigenvalue weighted by atomic mass is 16.4. The zero-order valence-electron chi connectivity index (χ0n) is 9.28. The maximum Gasteiger partial charge on any atom is 0.330 e. The van der Waals surface area contributed by atoms with E-state index in [1.165, 1.54) is 30.4 Å². The van der Waals surface area contributed by atoms with Gasteiger partial charge in [0.05, 0.1) is 5.92 Å². The number of nitrogens with two attached hydrogens (primary N) is 1. The summed E-state index contributed by atoms with van der Waals surface area (Å²) >= 11 is 0. The standard InChI is InChI=1S/C14H16NO/c1-16-14(10-2-3-10)13-8-12(13)9-4-6-11(15)7-5-9/h4-7,12-13H,1-3,8,15H2/q+1. The molecule has 0 radical (unpaired) electrons. The maximum absolute atomic E-state index is 5.68. The number of hydrogen-bond acceptors (Lipinski definition) is 1. The van der Waals surface area contributed by atoms with Gasteiger partial charge in [-0.3, -0.25) is 0 Å². The summed E-state index contributed by atoms with van der Waals surface area (Å²) in [5, 5.41) is 0. The molecule has 0 spiro atoms. The van der Waals surface area contributed by atoms with Gasteiger partial charge >= 0.3 is 5.76 Å². The lowest BCUT2D eigenvalue weighted by Crippen LogP contribution is -1.90. The van der Waals surface area contributed by atoms with Gasteiger partial charge in [-0.15, -0.1) is 0 Å². The van der Waals surface area contributed by atoms with Gasteiger partial charge in [0.25, 0.3) is 6.79 Å². The normalized spacial score (nSPS) is 26.4. The average Bonchev–Trinajstić information content (AvgIpc) is 3.13. The van der Waals surface area contributed by atoms with Crippen molar-refractivity contribution in [2.45, 2.75) is 25.2 Å². The van der Waals surface area contributed by atoms with Crippen molar-refractivity contribution in [1.82, 2.24) is 0 Å². The van der Waals surface area contributed by atoms with Crippen LogP contribution in [0.2, 0.25) is 0 Å². The third-order valence-electron chi connectivity index (χ3n) is 3.50. The highest BCUT2D eigenvalue weighted by molar-refractivity contribution is 5.43. The molecule has 2 saturated carbocycles. The molecule has 0 heterocycles. The molecule has 2 nitrogen and oxygen atoms in total. The van der Waals surface area contributed by atoms with Crippen LogP contribution in [0.3, 0.4) is 0 Å². The van der Waals surface area contributed by atoms with E-state index < -0.39 is 0 Å². The number of nitrogen functional groups attached to an aromatic ring is 1. The molecule has 16 heavy (non-hydrogen) atoms. The molecule has 2 aliphatic rings. The number of hydrogen-bond donors (Lipinski definition) is 1. The summed E-state index contributed by atoms with van der Waals surface area (Å²) in [5.41, 5.74) is 9.35. The van der Waals surface area contributed by atoms with Crippen molar-refractivity contribution in [1.29, 1.82) is 0 Å². The molecule has 0 saturated heterocycles. The van der Waals surface area contributed by atoms with E-state index in [1.807, 2.05) is 12.1 Å². The van der Waals surface area contributed by atoms with Gasteiger partial charge in [0.2, 0.25) is 0 Å². The summed E-state index contributed by atoms with van der Waals surface area (Å²) in [6.45, 7) is 3.57. The van der Waals surface area contributed by atoms with Gasteiger partial charge in [-0.25, -0.2) is 4.42 Å². The third kappa shape index (κ3) is 1.64. The predicted molar refractivity (Wildman–Crippen MR) is 65.1 cm³/mol. The SMILES string of the molecule is C=[O+]C(=C1CC1)C1CC1c1ccc(N)cc1. The van der Waals surface area contributed by atoms with Crippen LogP contribution in [0.1, 0.15) is 30.7 Å². The van der Waals surface area contributed by atoms with Crippen LogP contribution in [0.5, 0.6) is 0 Å². The van der Waals surface area contributed by atoms with Crippen LogP contribution < -0.4 is 5.73 Å². The van der Waals surface area contributed by atoms with Gasteiger partial charge in [-0.2, -0.15) is 0 Å². The Morgan fingerprint density at radius 3 is 2.50 bits per heavy atom. The molecule has 82 valence electrons. The zero-order chi connectivity index (χ0) is 11.1. The number of benzene rings is 1. The molecule has 2 aliphatic carbocycles. The topological polar surface area (TPSA) is 37.3 Å². The van der Waals surface area contributed by atoms with E-state index in [1.54, 1.807) is 0 Å². The van der Waals surface area contributed by atoms with E-state index in [0.717, 1.165) is 11.4 Å². The molecule has 2 N–H and O–H groups in total. The highest BCUT2D eigenvalue weighted by Crippen LogP contribution is 2.54. The number of rotatable bonds is 3. The first-order valence-electron chi connectivity index (χ1n) is 5.79.